The average molecular weight is 214 g/mol. The molecule has 4 nitrogen and oxygen atoms in total. The molecular formula is C11H22N2O2. The van der Waals surface area contributed by atoms with E-state index in [2.05, 4.69) is 11.8 Å². The van der Waals surface area contributed by atoms with E-state index in [1.165, 1.54) is 0 Å². The largest absolute Gasteiger partial charge is 0.481 e. The minimum atomic E-state index is -0.741. The quantitative estimate of drug-likeness (QED) is 0.728. The number of likely N-dealkylation sites (tertiary alicyclic amines) is 1. The zero-order valence-electron chi connectivity index (χ0n) is 9.86. The Bertz CT molecular complexity index is 231. The molecule has 0 spiro atoms. The van der Waals surface area contributed by atoms with Crippen molar-refractivity contribution in [3.8, 4) is 0 Å². The number of nitrogens with zero attached hydrogens (tertiary/aromatic N) is 1. The molecule has 4 heteroatoms. The Morgan fingerprint density at radius 1 is 1.53 bits per heavy atom. The van der Waals surface area contributed by atoms with Gasteiger partial charge >= 0.3 is 5.97 Å². The van der Waals surface area contributed by atoms with Gasteiger partial charge in [-0.15, -0.1) is 0 Å². The molecule has 0 aliphatic carbocycles. The van der Waals surface area contributed by atoms with Gasteiger partial charge in [-0.2, -0.15) is 0 Å². The van der Waals surface area contributed by atoms with Crippen LogP contribution in [0.3, 0.4) is 0 Å². The van der Waals surface area contributed by atoms with Crippen molar-refractivity contribution in [2.75, 3.05) is 19.6 Å². The van der Waals surface area contributed by atoms with E-state index in [1.807, 2.05) is 0 Å². The summed E-state index contributed by atoms with van der Waals surface area (Å²) >= 11 is 0. The Labute approximate surface area is 91.4 Å². The lowest BCUT2D eigenvalue weighted by Crippen LogP contribution is -2.50. The lowest BCUT2D eigenvalue weighted by molar-refractivity contribution is -0.148. The summed E-state index contributed by atoms with van der Waals surface area (Å²) in [6.07, 6.45) is 1.05. The zero-order valence-corrected chi connectivity index (χ0v) is 9.86. The molecule has 3 N–H and O–H groups in total. The van der Waals surface area contributed by atoms with Crippen LogP contribution in [0.1, 0.15) is 27.2 Å². The summed E-state index contributed by atoms with van der Waals surface area (Å²) in [7, 11) is 0. The summed E-state index contributed by atoms with van der Waals surface area (Å²) in [6.45, 7) is 8.06. The topological polar surface area (TPSA) is 66.6 Å². The maximum atomic E-state index is 11.0. The molecule has 1 aliphatic rings. The van der Waals surface area contributed by atoms with E-state index in [9.17, 15) is 4.79 Å². The van der Waals surface area contributed by atoms with Gasteiger partial charge in [0.05, 0.1) is 5.41 Å². The number of carbonyl (C=O) groups is 1. The van der Waals surface area contributed by atoms with E-state index in [1.54, 1.807) is 13.8 Å². The predicted octanol–water partition coefficient (Wildman–Crippen LogP) is 0.766. The highest BCUT2D eigenvalue weighted by molar-refractivity contribution is 5.73. The molecule has 1 aliphatic heterocycles. The number of hydrogen-bond acceptors (Lipinski definition) is 3. The predicted molar refractivity (Wildman–Crippen MR) is 59.6 cm³/mol. The number of carboxylic acids is 1. The van der Waals surface area contributed by atoms with Crippen LogP contribution in [0.15, 0.2) is 0 Å². The van der Waals surface area contributed by atoms with Crippen LogP contribution in [0.5, 0.6) is 0 Å². The van der Waals surface area contributed by atoms with Crippen molar-refractivity contribution in [2.45, 2.75) is 33.2 Å². The van der Waals surface area contributed by atoms with Crippen LogP contribution in [0, 0.1) is 11.3 Å². The molecule has 0 aromatic heterocycles. The molecule has 1 rings (SSSR count). The fraction of sp³-hybridized carbons (Fsp3) is 0.909. The van der Waals surface area contributed by atoms with Crippen LogP contribution in [0.2, 0.25) is 0 Å². The van der Waals surface area contributed by atoms with Crippen molar-refractivity contribution in [1.82, 2.24) is 4.90 Å². The first-order valence-corrected chi connectivity index (χ1v) is 5.52. The monoisotopic (exact) mass is 214 g/mol. The Hall–Kier alpha value is -0.610. The second-order valence-corrected chi connectivity index (χ2v) is 5.48. The molecule has 1 fully saturated rings. The van der Waals surface area contributed by atoms with Gasteiger partial charge in [-0.25, -0.2) is 0 Å². The minimum Gasteiger partial charge on any atom is -0.481 e. The number of aliphatic carboxylic acids is 1. The molecule has 1 heterocycles. The summed E-state index contributed by atoms with van der Waals surface area (Å²) in [5.74, 6) is -0.173. The van der Waals surface area contributed by atoms with Crippen molar-refractivity contribution in [3.05, 3.63) is 0 Å². The highest BCUT2D eigenvalue weighted by atomic mass is 16.4. The van der Waals surface area contributed by atoms with Crippen LogP contribution in [0.4, 0.5) is 0 Å². The smallest absolute Gasteiger partial charge is 0.310 e. The maximum absolute atomic E-state index is 11.0. The standard InChI is InChI=1S/C11H22N2O2/c1-8-4-9(12)6-13(5-8)7-11(2,3)10(14)15/h8-9H,4-7,12H2,1-3H3,(H,14,15). The third kappa shape index (κ3) is 3.47. The van der Waals surface area contributed by atoms with Gasteiger partial charge in [0, 0.05) is 25.7 Å². The maximum Gasteiger partial charge on any atom is 0.310 e. The van der Waals surface area contributed by atoms with E-state index in [-0.39, 0.29) is 6.04 Å². The van der Waals surface area contributed by atoms with Gasteiger partial charge in [0.1, 0.15) is 0 Å². The van der Waals surface area contributed by atoms with Crippen LogP contribution < -0.4 is 5.73 Å². The molecule has 0 aromatic carbocycles. The molecule has 2 atom stereocenters. The minimum absolute atomic E-state index is 0.193. The fourth-order valence-corrected chi connectivity index (χ4v) is 2.27. The molecule has 0 aromatic rings. The molecule has 1 saturated heterocycles. The number of piperidine rings is 1. The highest BCUT2D eigenvalue weighted by Crippen LogP contribution is 2.22. The zero-order chi connectivity index (χ0) is 11.6. The second-order valence-electron chi connectivity index (χ2n) is 5.48. The number of nitrogens with two attached hydrogens (primary N) is 1. The van der Waals surface area contributed by atoms with E-state index in [0.29, 0.717) is 12.5 Å². The molecule has 0 saturated carbocycles. The summed E-state index contributed by atoms with van der Waals surface area (Å²) in [5, 5.41) is 9.05. The first kappa shape index (κ1) is 12.5. The van der Waals surface area contributed by atoms with E-state index in [0.717, 1.165) is 19.5 Å². The first-order valence-electron chi connectivity index (χ1n) is 5.52. The summed E-state index contributed by atoms with van der Waals surface area (Å²) in [5.41, 5.74) is 5.24. The van der Waals surface area contributed by atoms with Gasteiger partial charge in [0.25, 0.3) is 0 Å². The molecular weight excluding hydrogens is 192 g/mol. The summed E-state index contributed by atoms with van der Waals surface area (Å²) < 4.78 is 0. The van der Waals surface area contributed by atoms with Crippen molar-refractivity contribution in [3.63, 3.8) is 0 Å². The van der Waals surface area contributed by atoms with Gasteiger partial charge in [-0.3, -0.25) is 4.79 Å². The fourth-order valence-electron chi connectivity index (χ4n) is 2.27. The lowest BCUT2D eigenvalue weighted by atomic mass is 9.90. The van der Waals surface area contributed by atoms with Gasteiger partial charge in [0.15, 0.2) is 0 Å². The summed E-state index contributed by atoms with van der Waals surface area (Å²) in [4.78, 5) is 13.2. The Kier molecular flexibility index (Phi) is 3.73. The van der Waals surface area contributed by atoms with E-state index < -0.39 is 11.4 Å². The van der Waals surface area contributed by atoms with Crippen LogP contribution in [-0.4, -0.2) is 41.7 Å². The average Bonchev–Trinajstić information content (AvgIpc) is 1.99. The molecule has 15 heavy (non-hydrogen) atoms. The molecule has 88 valence electrons. The van der Waals surface area contributed by atoms with Crippen molar-refractivity contribution in [2.24, 2.45) is 17.1 Å². The normalized spacial score (nSPS) is 29.1. The first-order chi connectivity index (χ1) is 6.81. The second kappa shape index (κ2) is 4.49. The number of rotatable bonds is 3. The number of hydrogen-bond donors (Lipinski definition) is 2. The lowest BCUT2D eigenvalue weighted by Gasteiger charge is -2.38. The van der Waals surface area contributed by atoms with E-state index >= 15 is 0 Å². The van der Waals surface area contributed by atoms with Crippen molar-refractivity contribution in [1.29, 1.82) is 0 Å². The van der Waals surface area contributed by atoms with Crippen LogP contribution in [-0.2, 0) is 4.79 Å². The third-order valence-corrected chi connectivity index (χ3v) is 2.97. The molecule has 0 bridgehead atoms. The van der Waals surface area contributed by atoms with Gasteiger partial charge < -0.3 is 15.7 Å². The van der Waals surface area contributed by atoms with Crippen LogP contribution >= 0.6 is 0 Å². The Morgan fingerprint density at radius 2 is 2.13 bits per heavy atom. The molecule has 2 unspecified atom stereocenters. The Morgan fingerprint density at radius 3 is 2.60 bits per heavy atom. The van der Waals surface area contributed by atoms with Gasteiger partial charge in [0.2, 0.25) is 0 Å². The van der Waals surface area contributed by atoms with Crippen molar-refractivity contribution >= 4 is 5.97 Å². The van der Waals surface area contributed by atoms with Gasteiger partial charge in [-0.05, 0) is 26.2 Å². The third-order valence-electron chi connectivity index (χ3n) is 2.97. The molecule has 0 amide bonds. The summed E-state index contributed by atoms with van der Waals surface area (Å²) in [6, 6.07) is 0.193. The highest BCUT2D eigenvalue weighted by Gasteiger charge is 2.32. The van der Waals surface area contributed by atoms with Crippen molar-refractivity contribution < 1.29 is 9.90 Å². The van der Waals surface area contributed by atoms with Crippen LogP contribution in [0.25, 0.3) is 0 Å². The molecule has 0 radical (unpaired) electrons. The van der Waals surface area contributed by atoms with Gasteiger partial charge in [-0.1, -0.05) is 6.92 Å². The number of carboxylic acid groups (broad SMARTS) is 1. The van der Waals surface area contributed by atoms with E-state index in [4.69, 9.17) is 10.8 Å². The SMILES string of the molecule is CC1CC(N)CN(CC(C)(C)C(=O)O)C1. The Balaban J connectivity index is 2.54.